The summed E-state index contributed by atoms with van der Waals surface area (Å²) in [5, 5.41) is 0. The van der Waals surface area contributed by atoms with Crippen LogP contribution in [0.5, 0.6) is 0 Å². The molecule has 1 rings (SSSR count). The molecular weight excluding hydrogens is 104 g/mol. The smallest absolute Gasteiger partial charge is 0.153 e. The second-order valence-electron chi connectivity index (χ2n) is 2.07. The van der Waals surface area contributed by atoms with Crippen LogP contribution in [0.2, 0.25) is 0 Å². The highest BCUT2D eigenvalue weighted by Crippen LogP contribution is 1.96. The maximum atomic E-state index is 10.5. The number of hydrogen-bond acceptors (Lipinski definition) is 1. The second-order valence-corrected chi connectivity index (χ2v) is 2.07. The fourth-order valence-electron chi connectivity index (χ4n) is 0.840. The van der Waals surface area contributed by atoms with Crippen LogP contribution in [0.25, 0.3) is 0 Å². The summed E-state index contributed by atoms with van der Waals surface area (Å²) in [7, 11) is 0. The van der Waals surface area contributed by atoms with Gasteiger partial charge in [-0.1, -0.05) is 0 Å². The van der Waals surface area contributed by atoms with Crippen LogP contribution < -0.4 is 5.43 Å². The van der Waals surface area contributed by atoms with Gasteiger partial charge < -0.3 is 0 Å². The van der Waals surface area contributed by atoms with E-state index in [4.69, 9.17) is 0 Å². The molecule has 0 bridgehead atoms. The summed E-state index contributed by atoms with van der Waals surface area (Å²) in [6, 6.07) is 0. The molecule has 0 aromatic carbocycles. The summed E-state index contributed by atoms with van der Waals surface area (Å²) in [6.45, 7) is 1.50. The lowest BCUT2D eigenvalue weighted by molar-refractivity contribution is -0.604. The van der Waals surface area contributed by atoms with Crippen LogP contribution in [0.3, 0.4) is 0 Å². The fourth-order valence-corrected chi connectivity index (χ4v) is 0.840. The molecular formula is C5H11N2O+. The third kappa shape index (κ3) is 1.48. The highest BCUT2D eigenvalue weighted by atomic mass is 16.3. The van der Waals surface area contributed by atoms with Gasteiger partial charge >= 0.3 is 0 Å². The minimum absolute atomic E-state index is 0.653. The monoisotopic (exact) mass is 115 g/mol. The number of nitroso groups, excluding NO2 is 1. The van der Waals surface area contributed by atoms with E-state index in [-0.39, 0.29) is 0 Å². The number of rotatable bonds is 0. The Balaban J connectivity index is 2.27. The van der Waals surface area contributed by atoms with Gasteiger partial charge in [0.25, 0.3) is 0 Å². The Morgan fingerprint density at radius 1 is 1.25 bits per heavy atom. The molecule has 0 aromatic rings. The van der Waals surface area contributed by atoms with Gasteiger partial charge in [0.1, 0.15) is 4.87 Å². The van der Waals surface area contributed by atoms with Crippen LogP contribution in [0.1, 0.15) is 19.3 Å². The number of hydrogen-bond donors (Lipinski definition) is 1. The van der Waals surface area contributed by atoms with Crippen molar-refractivity contribution in [3.63, 3.8) is 0 Å². The van der Waals surface area contributed by atoms with Gasteiger partial charge in [0.2, 0.25) is 6.54 Å². The Labute approximate surface area is 48.6 Å². The van der Waals surface area contributed by atoms with Crippen molar-refractivity contribution in [3.8, 4) is 0 Å². The van der Waals surface area contributed by atoms with Crippen molar-refractivity contribution in [3.05, 3.63) is 4.91 Å². The number of nitrogens with one attached hydrogen (secondary N) is 1. The molecule has 1 aliphatic rings. The Hall–Kier alpha value is -0.600. The largest absolute Gasteiger partial charge is 0.225 e. The van der Waals surface area contributed by atoms with Crippen molar-refractivity contribution in [1.29, 1.82) is 0 Å². The van der Waals surface area contributed by atoms with E-state index in [2.05, 4.69) is 5.43 Å². The molecule has 1 N–H and O–H groups in total. The van der Waals surface area contributed by atoms with Crippen LogP contribution in [0, 0.1) is 4.91 Å². The molecule has 0 unspecified atom stereocenters. The van der Waals surface area contributed by atoms with Crippen LogP contribution in [0.4, 0.5) is 0 Å². The normalized spacial score (nSPS) is 21.8. The van der Waals surface area contributed by atoms with Crippen LogP contribution in [-0.2, 0) is 0 Å². The zero-order valence-electron chi connectivity index (χ0n) is 4.89. The Morgan fingerprint density at radius 3 is 3.00 bits per heavy atom. The lowest BCUT2D eigenvalue weighted by atomic mass is 10.2. The van der Waals surface area contributed by atoms with E-state index in [1.165, 1.54) is 6.42 Å². The predicted octanol–water partition coefficient (Wildman–Crippen LogP) is 0.454. The maximum absolute atomic E-state index is 10.5. The van der Waals surface area contributed by atoms with Crippen molar-refractivity contribution >= 4 is 0 Å². The van der Waals surface area contributed by atoms with Gasteiger partial charge in [-0.05, 0) is 12.8 Å². The molecule has 0 amide bonds. The van der Waals surface area contributed by atoms with Gasteiger partial charge in [0.15, 0.2) is 0 Å². The minimum atomic E-state index is 0.653. The summed E-state index contributed by atoms with van der Waals surface area (Å²) < 4.78 is 0. The van der Waals surface area contributed by atoms with E-state index in [0.717, 1.165) is 24.3 Å². The van der Waals surface area contributed by atoms with Gasteiger partial charge in [-0.15, -0.1) is 0 Å². The van der Waals surface area contributed by atoms with E-state index in [9.17, 15) is 4.91 Å². The molecule has 0 aromatic heterocycles. The summed E-state index contributed by atoms with van der Waals surface area (Å²) >= 11 is 0. The fraction of sp³-hybridized carbons (Fsp3) is 1.00. The zero-order valence-corrected chi connectivity index (χ0v) is 4.89. The molecule has 1 heterocycles. The topological polar surface area (TPSA) is 32.1 Å². The lowest BCUT2D eigenvalue weighted by Crippen LogP contribution is -2.25. The van der Waals surface area contributed by atoms with Crippen LogP contribution in [0.15, 0.2) is 0 Å². The SMILES string of the molecule is O=[N+]1CCCCCN1. The van der Waals surface area contributed by atoms with Crippen molar-refractivity contribution in [1.82, 2.24) is 5.43 Å². The van der Waals surface area contributed by atoms with Crippen molar-refractivity contribution in [2.45, 2.75) is 19.3 Å². The van der Waals surface area contributed by atoms with Gasteiger partial charge in [-0.2, -0.15) is 5.43 Å². The molecule has 0 saturated carbocycles. The minimum Gasteiger partial charge on any atom is -0.153 e. The summed E-state index contributed by atoms with van der Waals surface area (Å²) in [5.74, 6) is 0. The predicted molar refractivity (Wildman–Crippen MR) is 30.3 cm³/mol. The van der Waals surface area contributed by atoms with Gasteiger partial charge in [-0.25, -0.2) is 0 Å². The maximum Gasteiger partial charge on any atom is 0.225 e. The molecule has 0 radical (unpaired) electrons. The summed E-state index contributed by atoms with van der Waals surface area (Å²) in [4.78, 5) is 11.4. The number of hydrazine groups is 1. The molecule has 1 fully saturated rings. The van der Waals surface area contributed by atoms with E-state index in [0.29, 0.717) is 6.54 Å². The lowest BCUT2D eigenvalue weighted by Gasteiger charge is -1.85. The summed E-state index contributed by atoms with van der Waals surface area (Å²) in [5.41, 5.74) is 2.72. The molecule has 0 atom stereocenters. The molecule has 8 heavy (non-hydrogen) atoms. The van der Waals surface area contributed by atoms with E-state index in [1.807, 2.05) is 0 Å². The first kappa shape index (κ1) is 5.54. The Kier molecular flexibility index (Phi) is 1.83. The standard InChI is InChI=1S/C5H11N2O/c8-7-5-3-1-2-4-6-7/h1-5H2,(H,6,8)/q+1. The first-order chi connectivity index (χ1) is 3.89. The first-order valence-electron chi connectivity index (χ1n) is 3.08. The van der Waals surface area contributed by atoms with Gasteiger partial charge in [0, 0.05) is 6.42 Å². The van der Waals surface area contributed by atoms with Gasteiger partial charge in [0.05, 0.1) is 11.5 Å². The quantitative estimate of drug-likeness (QED) is 0.465. The zero-order chi connectivity index (χ0) is 5.82. The average molecular weight is 115 g/mol. The van der Waals surface area contributed by atoms with Gasteiger partial charge in [-0.3, -0.25) is 0 Å². The van der Waals surface area contributed by atoms with Crippen LogP contribution in [-0.4, -0.2) is 18.0 Å². The molecule has 1 saturated heterocycles. The molecule has 1 aliphatic heterocycles. The molecule has 46 valence electrons. The van der Waals surface area contributed by atoms with Crippen molar-refractivity contribution in [2.75, 3.05) is 13.1 Å². The third-order valence-corrected chi connectivity index (χ3v) is 1.33. The van der Waals surface area contributed by atoms with Crippen molar-refractivity contribution < 1.29 is 4.87 Å². The van der Waals surface area contributed by atoms with Crippen LogP contribution >= 0.6 is 0 Å². The molecule has 3 heteroatoms. The molecule has 0 aliphatic carbocycles. The van der Waals surface area contributed by atoms with E-state index >= 15 is 0 Å². The molecule has 3 nitrogen and oxygen atoms in total. The Bertz CT molecular complexity index is 82.4. The summed E-state index contributed by atoms with van der Waals surface area (Å²) in [6.07, 6.45) is 3.36. The third-order valence-electron chi connectivity index (χ3n) is 1.33. The molecule has 0 spiro atoms. The van der Waals surface area contributed by atoms with E-state index in [1.54, 1.807) is 0 Å². The average Bonchev–Trinajstić information content (AvgIpc) is 1.94. The van der Waals surface area contributed by atoms with E-state index < -0.39 is 0 Å². The van der Waals surface area contributed by atoms with Crippen molar-refractivity contribution in [2.24, 2.45) is 0 Å². The second kappa shape index (κ2) is 2.64. The highest BCUT2D eigenvalue weighted by molar-refractivity contribution is 4.43. The highest BCUT2D eigenvalue weighted by Gasteiger charge is 2.09. The number of nitrogens with zero attached hydrogens (tertiary/aromatic N) is 1. The first-order valence-corrected chi connectivity index (χ1v) is 3.08. The Morgan fingerprint density at radius 2 is 2.12 bits per heavy atom.